The predicted octanol–water partition coefficient (Wildman–Crippen LogP) is 1.18. The maximum atomic E-state index is 5.42. The van der Waals surface area contributed by atoms with Crippen LogP contribution in [0, 0.1) is 5.92 Å². The lowest BCUT2D eigenvalue weighted by Gasteiger charge is -2.23. The third kappa shape index (κ3) is 3.23. The molecule has 2 aliphatic heterocycles. The van der Waals surface area contributed by atoms with Gasteiger partial charge in [-0.15, -0.1) is 0 Å². The van der Waals surface area contributed by atoms with E-state index in [0.717, 1.165) is 38.9 Å². The Morgan fingerprint density at radius 1 is 1.07 bits per heavy atom. The average molecular weight is 199 g/mol. The van der Waals surface area contributed by atoms with Crippen molar-refractivity contribution in [3.8, 4) is 0 Å². The molecule has 0 amide bonds. The van der Waals surface area contributed by atoms with Crippen LogP contribution in [0.25, 0.3) is 0 Å². The average Bonchev–Trinajstić information content (AvgIpc) is 2.72. The molecule has 2 saturated heterocycles. The van der Waals surface area contributed by atoms with Crippen LogP contribution < -0.4 is 5.32 Å². The molecular formula is C11H21NO2. The van der Waals surface area contributed by atoms with Crippen LogP contribution in [0.1, 0.15) is 25.7 Å². The van der Waals surface area contributed by atoms with Gasteiger partial charge >= 0.3 is 0 Å². The summed E-state index contributed by atoms with van der Waals surface area (Å²) in [4.78, 5) is 0. The highest BCUT2D eigenvalue weighted by Crippen LogP contribution is 2.15. The predicted molar refractivity (Wildman–Crippen MR) is 55.4 cm³/mol. The third-order valence-corrected chi connectivity index (χ3v) is 3.17. The Morgan fingerprint density at radius 2 is 2.00 bits per heavy atom. The molecule has 3 nitrogen and oxygen atoms in total. The van der Waals surface area contributed by atoms with Crippen molar-refractivity contribution in [1.82, 2.24) is 5.32 Å². The van der Waals surface area contributed by atoms with Crippen molar-refractivity contribution >= 4 is 0 Å². The molecular weight excluding hydrogens is 178 g/mol. The molecule has 0 aliphatic carbocycles. The molecule has 2 fully saturated rings. The van der Waals surface area contributed by atoms with Crippen LogP contribution in [0.15, 0.2) is 0 Å². The molecule has 14 heavy (non-hydrogen) atoms. The van der Waals surface area contributed by atoms with E-state index in [-0.39, 0.29) is 0 Å². The van der Waals surface area contributed by atoms with Gasteiger partial charge in [0.1, 0.15) is 0 Å². The summed E-state index contributed by atoms with van der Waals surface area (Å²) in [5.74, 6) is 0.798. The third-order valence-electron chi connectivity index (χ3n) is 3.17. The van der Waals surface area contributed by atoms with Crippen LogP contribution in [0.2, 0.25) is 0 Å². The second-order valence-electron chi connectivity index (χ2n) is 4.39. The van der Waals surface area contributed by atoms with Crippen molar-refractivity contribution in [3.63, 3.8) is 0 Å². The minimum atomic E-state index is 0.603. The second kappa shape index (κ2) is 5.69. The van der Waals surface area contributed by atoms with Crippen molar-refractivity contribution in [3.05, 3.63) is 0 Å². The molecule has 0 aromatic heterocycles. The van der Waals surface area contributed by atoms with Gasteiger partial charge in [0.25, 0.3) is 0 Å². The van der Waals surface area contributed by atoms with Gasteiger partial charge in [0.2, 0.25) is 0 Å². The van der Waals surface area contributed by atoms with Crippen molar-refractivity contribution in [1.29, 1.82) is 0 Å². The fraction of sp³-hybridized carbons (Fsp3) is 1.00. The molecule has 0 aromatic rings. The normalized spacial score (nSPS) is 33.4. The van der Waals surface area contributed by atoms with E-state index in [2.05, 4.69) is 5.32 Å². The van der Waals surface area contributed by atoms with E-state index in [1.165, 1.54) is 25.7 Å². The molecule has 2 unspecified atom stereocenters. The first-order chi connectivity index (χ1) is 6.95. The summed E-state index contributed by atoms with van der Waals surface area (Å²) < 4.78 is 10.8. The van der Waals surface area contributed by atoms with Crippen LogP contribution in [0.5, 0.6) is 0 Å². The minimum Gasteiger partial charge on any atom is -0.381 e. The Kier molecular flexibility index (Phi) is 4.22. The van der Waals surface area contributed by atoms with Gasteiger partial charge in [-0.2, -0.15) is 0 Å². The highest BCUT2D eigenvalue weighted by Gasteiger charge is 2.17. The van der Waals surface area contributed by atoms with Gasteiger partial charge in [-0.3, -0.25) is 0 Å². The molecule has 2 heterocycles. The highest BCUT2D eigenvalue weighted by atomic mass is 16.5. The number of nitrogens with one attached hydrogen (secondary N) is 1. The van der Waals surface area contributed by atoms with Gasteiger partial charge in [-0.05, 0) is 38.1 Å². The number of hydrogen-bond acceptors (Lipinski definition) is 3. The Morgan fingerprint density at radius 3 is 2.71 bits per heavy atom. The van der Waals surface area contributed by atoms with Crippen molar-refractivity contribution in [2.24, 2.45) is 5.92 Å². The van der Waals surface area contributed by atoms with Crippen molar-refractivity contribution < 1.29 is 9.47 Å². The van der Waals surface area contributed by atoms with Crippen molar-refractivity contribution in [2.75, 3.05) is 33.0 Å². The zero-order valence-electron chi connectivity index (χ0n) is 8.84. The first-order valence-corrected chi connectivity index (χ1v) is 5.84. The summed E-state index contributed by atoms with van der Waals surface area (Å²) in [5.41, 5.74) is 0. The fourth-order valence-corrected chi connectivity index (χ4v) is 2.20. The molecule has 0 bridgehead atoms. The highest BCUT2D eigenvalue weighted by molar-refractivity contribution is 4.72. The molecule has 2 rings (SSSR count). The van der Waals surface area contributed by atoms with Crippen LogP contribution in [-0.4, -0.2) is 39.0 Å². The Bertz CT molecular complexity index is 151. The van der Waals surface area contributed by atoms with Gasteiger partial charge < -0.3 is 14.8 Å². The molecule has 0 saturated carbocycles. The summed E-state index contributed by atoms with van der Waals surface area (Å²) in [6, 6.07) is 0.603. The van der Waals surface area contributed by atoms with Crippen LogP contribution in [0.3, 0.4) is 0 Å². The maximum Gasteiger partial charge on any atom is 0.0619 e. The topological polar surface area (TPSA) is 30.5 Å². The number of ether oxygens (including phenoxy) is 2. The molecule has 82 valence electrons. The molecule has 0 aromatic carbocycles. The zero-order chi connectivity index (χ0) is 9.64. The van der Waals surface area contributed by atoms with Gasteiger partial charge in [0, 0.05) is 25.9 Å². The SMILES string of the molecule is C1COCC(NCCC2CCOC2)C1. The molecule has 1 N–H and O–H groups in total. The zero-order valence-corrected chi connectivity index (χ0v) is 8.84. The van der Waals surface area contributed by atoms with Gasteiger partial charge in [0.05, 0.1) is 6.61 Å². The summed E-state index contributed by atoms with van der Waals surface area (Å²) in [7, 11) is 0. The summed E-state index contributed by atoms with van der Waals surface area (Å²) >= 11 is 0. The maximum absolute atomic E-state index is 5.42. The van der Waals surface area contributed by atoms with E-state index < -0.39 is 0 Å². The Hall–Kier alpha value is -0.120. The lowest BCUT2D eigenvalue weighted by molar-refractivity contribution is 0.0699. The van der Waals surface area contributed by atoms with Gasteiger partial charge in [0.15, 0.2) is 0 Å². The van der Waals surface area contributed by atoms with Crippen molar-refractivity contribution in [2.45, 2.75) is 31.7 Å². The summed E-state index contributed by atoms with van der Waals surface area (Å²) in [6.07, 6.45) is 5.00. The molecule has 0 radical (unpaired) electrons. The molecule has 2 atom stereocenters. The quantitative estimate of drug-likeness (QED) is 0.737. The standard InChI is InChI=1S/C11H21NO2/c1-2-11(9-13-6-1)12-5-3-10-4-7-14-8-10/h10-12H,1-9H2. The Balaban J connectivity index is 1.52. The van der Waals surface area contributed by atoms with Crippen LogP contribution in [0.4, 0.5) is 0 Å². The number of hydrogen-bond donors (Lipinski definition) is 1. The summed E-state index contributed by atoms with van der Waals surface area (Å²) in [6.45, 7) is 4.93. The number of rotatable bonds is 4. The van der Waals surface area contributed by atoms with E-state index in [4.69, 9.17) is 9.47 Å². The first kappa shape index (κ1) is 10.4. The fourth-order valence-electron chi connectivity index (χ4n) is 2.20. The molecule has 3 heteroatoms. The van der Waals surface area contributed by atoms with E-state index in [1.54, 1.807) is 0 Å². The lowest BCUT2D eigenvalue weighted by atomic mass is 10.0. The monoisotopic (exact) mass is 199 g/mol. The first-order valence-electron chi connectivity index (χ1n) is 5.84. The minimum absolute atomic E-state index is 0.603. The molecule has 0 spiro atoms. The largest absolute Gasteiger partial charge is 0.381 e. The van der Waals surface area contributed by atoms with Gasteiger partial charge in [-0.25, -0.2) is 0 Å². The Labute approximate surface area is 86.2 Å². The van der Waals surface area contributed by atoms with E-state index in [9.17, 15) is 0 Å². The van der Waals surface area contributed by atoms with Crippen LogP contribution in [-0.2, 0) is 9.47 Å². The smallest absolute Gasteiger partial charge is 0.0619 e. The van der Waals surface area contributed by atoms with E-state index in [0.29, 0.717) is 6.04 Å². The van der Waals surface area contributed by atoms with Gasteiger partial charge in [-0.1, -0.05) is 0 Å². The molecule has 2 aliphatic rings. The second-order valence-corrected chi connectivity index (χ2v) is 4.39. The summed E-state index contributed by atoms with van der Waals surface area (Å²) in [5, 5.41) is 3.57. The van der Waals surface area contributed by atoms with E-state index >= 15 is 0 Å². The lowest BCUT2D eigenvalue weighted by Crippen LogP contribution is -2.37. The van der Waals surface area contributed by atoms with Crippen LogP contribution >= 0.6 is 0 Å². The van der Waals surface area contributed by atoms with E-state index in [1.807, 2.05) is 0 Å².